The topological polar surface area (TPSA) is 21.7 Å². The highest BCUT2D eigenvalue weighted by molar-refractivity contribution is 6.17. The quantitative estimate of drug-likeness (QED) is 0.645. The number of aryl methyl sites for hydroxylation is 1. The Bertz CT molecular complexity index is 294. The van der Waals surface area contributed by atoms with Gasteiger partial charge in [-0.25, -0.2) is 0 Å². The maximum absolute atomic E-state index is 5.16. The van der Waals surface area contributed by atoms with Gasteiger partial charge in [0.2, 0.25) is 0 Å². The maximum atomic E-state index is 5.16. The van der Waals surface area contributed by atoms with Crippen LogP contribution in [-0.4, -0.2) is 34.0 Å². The molecule has 4 heteroatoms. The summed E-state index contributed by atoms with van der Waals surface area (Å²) < 4.78 is 10.3. The molecule has 3 nitrogen and oxygen atoms in total. The van der Waals surface area contributed by atoms with E-state index in [2.05, 4.69) is 36.1 Å². The Kier molecular flexibility index (Phi) is 3.64. The summed E-state index contributed by atoms with van der Waals surface area (Å²) in [4.78, 5) is 2.27. The van der Waals surface area contributed by atoms with Crippen LogP contribution in [0.2, 0.25) is 0 Å². The molecule has 0 unspecified atom stereocenters. The first-order valence-electron chi connectivity index (χ1n) is 5.23. The fourth-order valence-corrected chi connectivity index (χ4v) is 1.60. The minimum atomic E-state index is 0.674. The molecule has 0 spiro atoms. The molecule has 0 N–H and O–H groups in total. The highest BCUT2D eigenvalue weighted by Crippen LogP contribution is 2.14. The number of anilines is 1. The van der Waals surface area contributed by atoms with Crippen LogP contribution in [0.1, 0.15) is 5.56 Å². The number of rotatable bonds is 1. The van der Waals surface area contributed by atoms with Crippen molar-refractivity contribution in [2.45, 2.75) is 6.92 Å². The van der Waals surface area contributed by atoms with Crippen molar-refractivity contribution >= 4 is 13.4 Å². The minimum absolute atomic E-state index is 0.674. The first-order valence-corrected chi connectivity index (χ1v) is 5.23. The smallest absolute Gasteiger partial charge is 0.411 e. The first kappa shape index (κ1) is 10.5. The number of hydrogen-bond acceptors (Lipinski definition) is 3. The molecule has 0 saturated carbocycles. The van der Waals surface area contributed by atoms with Gasteiger partial charge in [-0.3, -0.25) is 0 Å². The lowest BCUT2D eigenvalue weighted by molar-refractivity contribution is 0.211. The van der Waals surface area contributed by atoms with E-state index in [9.17, 15) is 0 Å². The van der Waals surface area contributed by atoms with Gasteiger partial charge in [0, 0.05) is 32.0 Å². The van der Waals surface area contributed by atoms with Gasteiger partial charge in [-0.2, -0.15) is 0 Å². The summed E-state index contributed by atoms with van der Waals surface area (Å²) in [5, 5.41) is 0. The van der Waals surface area contributed by atoms with Crippen LogP contribution in [0.3, 0.4) is 0 Å². The van der Waals surface area contributed by atoms with Crippen LogP contribution in [0.25, 0.3) is 0 Å². The number of nitrogens with zero attached hydrogens (tertiary/aromatic N) is 1. The van der Waals surface area contributed by atoms with Gasteiger partial charge in [-0.1, -0.05) is 17.7 Å². The van der Waals surface area contributed by atoms with Crippen LogP contribution >= 0.6 is 0 Å². The number of benzene rings is 1. The zero-order chi connectivity index (χ0) is 10.5. The molecule has 1 aromatic rings. The van der Waals surface area contributed by atoms with Crippen molar-refractivity contribution in [1.82, 2.24) is 0 Å². The predicted molar refractivity (Wildman–Crippen MR) is 61.1 cm³/mol. The SMILES string of the molecule is Cc1ccc(N2CCO[B]OCC2)cc1. The van der Waals surface area contributed by atoms with Crippen LogP contribution < -0.4 is 4.90 Å². The highest BCUT2D eigenvalue weighted by atomic mass is 16.6. The Morgan fingerprint density at radius 2 is 1.67 bits per heavy atom. The van der Waals surface area contributed by atoms with E-state index in [1.165, 1.54) is 18.9 Å². The van der Waals surface area contributed by atoms with Crippen molar-refractivity contribution in [1.29, 1.82) is 0 Å². The zero-order valence-electron chi connectivity index (χ0n) is 8.98. The lowest BCUT2D eigenvalue weighted by Crippen LogP contribution is -2.34. The second kappa shape index (κ2) is 5.19. The average molecular weight is 204 g/mol. The van der Waals surface area contributed by atoms with Gasteiger partial charge < -0.3 is 14.2 Å². The molecule has 0 amide bonds. The molecule has 1 aromatic carbocycles. The molecule has 79 valence electrons. The molecule has 1 aliphatic heterocycles. The van der Waals surface area contributed by atoms with Gasteiger partial charge in [0.05, 0.1) is 0 Å². The van der Waals surface area contributed by atoms with Gasteiger partial charge in [-0.05, 0) is 19.1 Å². The summed E-state index contributed by atoms with van der Waals surface area (Å²) >= 11 is 0. The lowest BCUT2D eigenvalue weighted by atomic mass is 10.2. The van der Waals surface area contributed by atoms with E-state index in [-0.39, 0.29) is 0 Å². The van der Waals surface area contributed by atoms with Gasteiger partial charge in [0.25, 0.3) is 0 Å². The Hall–Kier alpha value is -0.995. The molecule has 1 radical (unpaired) electrons. The predicted octanol–water partition coefficient (Wildman–Crippen LogP) is 1.38. The third kappa shape index (κ3) is 2.98. The summed E-state index contributed by atoms with van der Waals surface area (Å²) in [5.41, 5.74) is 2.52. The largest absolute Gasteiger partial charge is 0.488 e. The summed E-state index contributed by atoms with van der Waals surface area (Å²) in [6.07, 6.45) is 0. The van der Waals surface area contributed by atoms with Gasteiger partial charge >= 0.3 is 7.69 Å². The normalized spacial score (nSPS) is 17.8. The van der Waals surface area contributed by atoms with Gasteiger partial charge in [0.15, 0.2) is 0 Å². The van der Waals surface area contributed by atoms with Crippen LogP contribution in [0.15, 0.2) is 24.3 Å². The Balaban J connectivity index is 2.03. The van der Waals surface area contributed by atoms with Crippen molar-refractivity contribution in [2.24, 2.45) is 0 Å². The van der Waals surface area contributed by atoms with Crippen LogP contribution in [-0.2, 0) is 9.31 Å². The molecular formula is C11H15BNO2. The minimum Gasteiger partial charge on any atom is -0.411 e. The number of hydrogen-bond donors (Lipinski definition) is 0. The van der Waals surface area contributed by atoms with Crippen LogP contribution in [0.5, 0.6) is 0 Å². The molecule has 0 atom stereocenters. The van der Waals surface area contributed by atoms with Crippen molar-refractivity contribution in [3.8, 4) is 0 Å². The van der Waals surface area contributed by atoms with Gasteiger partial charge in [0.1, 0.15) is 0 Å². The Labute approximate surface area is 91.3 Å². The zero-order valence-corrected chi connectivity index (χ0v) is 8.98. The molecular weight excluding hydrogens is 189 g/mol. The van der Waals surface area contributed by atoms with Crippen molar-refractivity contribution in [2.75, 3.05) is 31.2 Å². The van der Waals surface area contributed by atoms with E-state index in [1.807, 2.05) is 0 Å². The molecule has 0 aromatic heterocycles. The van der Waals surface area contributed by atoms with E-state index >= 15 is 0 Å². The molecule has 0 aliphatic carbocycles. The summed E-state index contributed by atoms with van der Waals surface area (Å²) in [7, 11) is 1.44. The van der Waals surface area contributed by atoms with E-state index in [0.717, 1.165) is 13.1 Å². The third-order valence-corrected chi connectivity index (χ3v) is 2.49. The molecule has 1 aliphatic rings. The highest BCUT2D eigenvalue weighted by Gasteiger charge is 2.09. The molecule has 1 saturated heterocycles. The molecule has 1 heterocycles. The summed E-state index contributed by atoms with van der Waals surface area (Å²) in [6, 6.07) is 8.53. The van der Waals surface area contributed by atoms with Crippen LogP contribution in [0.4, 0.5) is 5.69 Å². The van der Waals surface area contributed by atoms with Crippen molar-refractivity contribution < 1.29 is 9.31 Å². The monoisotopic (exact) mass is 204 g/mol. The fraction of sp³-hybridized carbons (Fsp3) is 0.455. The average Bonchev–Trinajstić information content (AvgIpc) is 2.19. The molecule has 2 rings (SSSR count). The fourth-order valence-electron chi connectivity index (χ4n) is 1.60. The standard InChI is InChI=1S/C11H15BNO2/c1-10-2-4-11(5-3-10)13-6-8-14-12-15-9-7-13/h2-5H,6-9H2,1H3. The lowest BCUT2D eigenvalue weighted by Gasteiger charge is -2.26. The Morgan fingerprint density at radius 1 is 1.07 bits per heavy atom. The van der Waals surface area contributed by atoms with E-state index in [0.29, 0.717) is 13.2 Å². The van der Waals surface area contributed by atoms with E-state index < -0.39 is 0 Å². The summed E-state index contributed by atoms with van der Waals surface area (Å²) in [5.74, 6) is 0. The third-order valence-electron chi connectivity index (χ3n) is 2.49. The van der Waals surface area contributed by atoms with Crippen molar-refractivity contribution in [3.63, 3.8) is 0 Å². The Morgan fingerprint density at radius 3 is 2.27 bits per heavy atom. The molecule has 1 fully saturated rings. The first-order chi connectivity index (χ1) is 7.36. The maximum Gasteiger partial charge on any atom is 0.488 e. The van der Waals surface area contributed by atoms with Gasteiger partial charge in [-0.15, -0.1) is 0 Å². The molecule has 0 bridgehead atoms. The van der Waals surface area contributed by atoms with E-state index in [4.69, 9.17) is 9.31 Å². The van der Waals surface area contributed by atoms with Crippen molar-refractivity contribution in [3.05, 3.63) is 29.8 Å². The van der Waals surface area contributed by atoms with Crippen LogP contribution in [0, 0.1) is 6.92 Å². The molecule has 15 heavy (non-hydrogen) atoms. The second-order valence-corrected chi connectivity index (χ2v) is 3.66. The second-order valence-electron chi connectivity index (χ2n) is 3.66. The van der Waals surface area contributed by atoms with E-state index in [1.54, 1.807) is 0 Å². The summed E-state index contributed by atoms with van der Waals surface area (Å²) in [6.45, 7) is 5.26.